The molecule has 1 aromatic carbocycles. The molecule has 5 heteroatoms. The zero-order chi connectivity index (χ0) is 14.2. The molecular formula is C15H19NO3S. The lowest BCUT2D eigenvalue weighted by molar-refractivity contribution is -0.119. The first-order chi connectivity index (χ1) is 9.49. The standard InChI is InChI=1S/C15H19NO3S/c17-14-10-15(7-4-8-20(18,19)11-15)13(16-14)9-12-5-2-1-3-6-12/h1-3,5-6,13H,4,7-11H2,(H,16,17). The fourth-order valence-corrected chi connectivity index (χ4v) is 5.65. The van der Waals surface area contributed by atoms with Gasteiger partial charge in [-0.15, -0.1) is 0 Å². The molecule has 3 rings (SSSR count). The fourth-order valence-electron chi connectivity index (χ4n) is 3.60. The van der Waals surface area contributed by atoms with Crippen LogP contribution < -0.4 is 5.32 Å². The van der Waals surface area contributed by atoms with Crippen molar-refractivity contribution in [3.8, 4) is 0 Å². The minimum absolute atomic E-state index is 0.0111. The van der Waals surface area contributed by atoms with Crippen molar-refractivity contribution < 1.29 is 13.2 Å². The second kappa shape index (κ2) is 4.88. The average Bonchev–Trinajstić information content (AvgIpc) is 2.64. The number of sulfone groups is 1. The van der Waals surface area contributed by atoms with Crippen LogP contribution in [0.4, 0.5) is 0 Å². The number of amides is 1. The van der Waals surface area contributed by atoms with Gasteiger partial charge in [-0.1, -0.05) is 30.3 Å². The van der Waals surface area contributed by atoms with Gasteiger partial charge >= 0.3 is 0 Å². The average molecular weight is 293 g/mol. The molecule has 108 valence electrons. The smallest absolute Gasteiger partial charge is 0.220 e. The number of benzene rings is 1. The number of carbonyl (C=O) groups excluding carboxylic acids is 1. The maximum Gasteiger partial charge on any atom is 0.220 e. The zero-order valence-corrected chi connectivity index (χ0v) is 12.2. The van der Waals surface area contributed by atoms with Gasteiger partial charge in [0.2, 0.25) is 5.91 Å². The Hall–Kier alpha value is -1.36. The minimum atomic E-state index is -3.02. The lowest BCUT2D eigenvalue weighted by Crippen LogP contribution is -2.46. The monoisotopic (exact) mass is 293 g/mol. The van der Waals surface area contributed by atoms with Crippen LogP contribution in [-0.4, -0.2) is 31.9 Å². The Morgan fingerprint density at radius 3 is 2.70 bits per heavy atom. The molecule has 2 saturated heterocycles. The Labute approximate surface area is 119 Å². The van der Waals surface area contributed by atoms with Crippen molar-refractivity contribution >= 4 is 15.7 Å². The highest BCUT2D eigenvalue weighted by atomic mass is 32.2. The summed E-state index contributed by atoms with van der Waals surface area (Å²) in [6.07, 6.45) is 2.55. The molecule has 1 aromatic rings. The molecule has 0 aromatic heterocycles. The Morgan fingerprint density at radius 1 is 1.25 bits per heavy atom. The van der Waals surface area contributed by atoms with E-state index in [1.807, 2.05) is 30.3 Å². The van der Waals surface area contributed by atoms with E-state index < -0.39 is 15.3 Å². The van der Waals surface area contributed by atoms with Crippen molar-refractivity contribution in [2.45, 2.75) is 31.7 Å². The summed E-state index contributed by atoms with van der Waals surface area (Å²) in [5, 5.41) is 3.00. The molecular weight excluding hydrogens is 274 g/mol. The van der Waals surface area contributed by atoms with Crippen LogP contribution >= 0.6 is 0 Å². The van der Waals surface area contributed by atoms with Gasteiger partial charge in [0.25, 0.3) is 0 Å². The van der Waals surface area contributed by atoms with E-state index in [-0.39, 0.29) is 23.5 Å². The van der Waals surface area contributed by atoms with Crippen molar-refractivity contribution in [2.24, 2.45) is 5.41 Å². The molecule has 0 bridgehead atoms. The molecule has 20 heavy (non-hydrogen) atoms. The fraction of sp³-hybridized carbons (Fsp3) is 0.533. The molecule has 2 aliphatic heterocycles. The van der Waals surface area contributed by atoms with Gasteiger partial charge < -0.3 is 5.32 Å². The van der Waals surface area contributed by atoms with E-state index in [1.54, 1.807) is 0 Å². The van der Waals surface area contributed by atoms with Gasteiger partial charge in [0.15, 0.2) is 9.84 Å². The number of rotatable bonds is 2. The molecule has 0 saturated carbocycles. The Kier molecular flexibility index (Phi) is 3.32. The Bertz CT molecular complexity index is 611. The third kappa shape index (κ3) is 2.59. The highest BCUT2D eigenvalue weighted by Gasteiger charge is 2.50. The third-order valence-electron chi connectivity index (χ3n) is 4.51. The molecule has 1 spiro atoms. The van der Waals surface area contributed by atoms with Crippen LogP contribution in [0.3, 0.4) is 0 Å². The zero-order valence-electron chi connectivity index (χ0n) is 11.3. The summed E-state index contributed by atoms with van der Waals surface area (Å²) in [6.45, 7) is 0. The molecule has 4 nitrogen and oxygen atoms in total. The first kappa shape index (κ1) is 13.6. The van der Waals surface area contributed by atoms with Gasteiger partial charge in [-0.05, 0) is 24.8 Å². The van der Waals surface area contributed by atoms with Gasteiger partial charge in [-0.3, -0.25) is 4.79 Å². The van der Waals surface area contributed by atoms with E-state index in [0.29, 0.717) is 19.3 Å². The van der Waals surface area contributed by atoms with Crippen molar-refractivity contribution in [3.63, 3.8) is 0 Å². The molecule has 0 radical (unpaired) electrons. The van der Waals surface area contributed by atoms with Crippen molar-refractivity contribution in [3.05, 3.63) is 35.9 Å². The predicted octanol–water partition coefficient (Wildman–Crippen LogP) is 1.31. The van der Waals surface area contributed by atoms with Crippen molar-refractivity contribution in [2.75, 3.05) is 11.5 Å². The highest BCUT2D eigenvalue weighted by molar-refractivity contribution is 7.91. The van der Waals surface area contributed by atoms with Crippen molar-refractivity contribution in [1.29, 1.82) is 0 Å². The maximum atomic E-state index is 12.0. The molecule has 2 fully saturated rings. The molecule has 2 heterocycles. The summed E-state index contributed by atoms with van der Waals surface area (Å²) in [5.41, 5.74) is 0.742. The van der Waals surface area contributed by atoms with Crippen molar-refractivity contribution in [1.82, 2.24) is 5.32 Å². The number of carbonyl (C=O) groups is 1. The van der Waals surface area contributed by atoms with Crippen LogP contribution in [0.1, 0.15) is 24.8 Å². The molecule has 2 atom stereocenters. The van der Waals surface area contributed by atoms with E-state index in [2.05, 4.69) is 5.32 Å². The Morgan fingerprint density at radius 2 is 2.00 bits per heavy atom. The molecule has 2 aliphatic rings. The number of nitrogens with one attached hydrogen (secondary N) is 1. The molecule has 2 unspecified atom stereocenters. The number of hydrogen-bond donors (Lipinski definition) is 1. The van der Waals surface area contributed by atoms with Gasteiger partial charge in [-0.2, -0.15) is 0 Å². The summed E-state index contributed by atoms with van der Waals surface area (Å²) in [5.74, 6) is 0.403. The van der Waals surface area contributed by atoms with E-state index in [1.165, 1.54) is 0 Å². The summed E-state index contributed by atoms with van der Waals surface area (Å²) >= 11 is 0. The SMILES string of the molecule is O=C1CC2(CCCS(=O)(=O)C2)C(Cc2ccccc2)N1. The van der Waals surface area contributed by atoms with Gasteiger partial charge in [-0.25, -0.2) is 8.42 Å². The van der Waals surface area contributed by atoms with E-state index in [9.17, 15) is 13.2 Å². The third-order valence-corrected chi connectivity index (χ3v) is 6.43. The quantitative estimate of drug-likeness (QED) is 0.894. The maximum absolute atomic E-state index is 12.0. The lowest BCUT2D eigenvalue weighted by atomic mass is 9.76. The second-order valence-corrected chi connectivity index (χ2v) is 8.23. The lowest BCUT2D eigenvalue weighted by Gasteiger charge is -2.37. The molecule has 1 N–H and O–H groups in total. The van der Waals surface area contributed by atoms with Crippen LogP contribution in [0.25, 0.3) is 0 Å². The van der Waals surface area contributed by atoms with Crippen LogP contribution in [0.15, 0.2) is 30.3 Å². The van der Waals surface area contributed by atoms with Gasteiger partial charge in [0.05, 0.1) is 11.5 Å². The summed E-state index contributed by atoms with van der Waals surface area (Å²) in [4.78, 5) is 11.8. The second-order valence-electron chi connectivity index (χ2n) is 6.04. The van der Waals surface area contributed by atoms with Crippen LogP contribution in [0, 0.1) is 5.41 Å². The van der Waals surface area contributed by atoms with Gasteiger partial charge in [0.1, 0.15) is 0 Å². The van der Waals surface area contributed by atoms with Crippen LogP contribution in [-0.2, 0) is 21.1 Å². The highest BCUT2D eigenvalue weighted by Crippen LogP contribution is 2.42. The first-order valence-electron chi connectivity index (χ1n) is 7.03. The van der Waals surface area contributed by atoms with Crippen LogP contribution in [0.2, 0.25) is 0 Å². The number of hydrogen-bond acceptors (Lipinski definition) is 3. The summed E-state index contributed by atoms with van der Waals surface area (Å²) < 4.78 is 24.0. The minimum Gasteiger partial charge on any atom is -0.352 e. The summed E-state index contributed by atoms with van der Waals surface area (Å²) in [6, 6.07) is 9.88. The predicted molar refractivity (Wildman–Crippen MR) is 77.0 cm³/mol. The largest absolute Gasteiger partial charge is 0.352 e. The molecule has 0 aliphatic carbocycles. The normalized spacial score (nSPS) is 32.2. The first-order valence-corrected chi connectivity index (χ1v) is 8.85. The van der Waals surface area contributed by atoms with E-state index >= 15 is 0 Å². The Balaban J connectivity index is 1.87. The van der Waals surface area contributed by atoms with E-state index in [0.717, 1.165) is 12.0 Å². The summed E-state index contributed by atoms with van der Waals surface area (Å²) in [7, 11) is -3.02. The van der Waals surface area contributed by atoms with E-state index in [4.69, 9.17) is 0 Å². The molecule has 1 amide bonds. The topological polar surface area (TPSA) is 63.2 Å². The van der Waals surface area contributed by atoms with Gasteiger partial charge in [0, 0.05) is 17.9 Å². The van der Waals surface area contributed by atoms with Crippen LogP contribution in [0.5, 0.6) is 0 Å².